The van der Waals surface area contributed by atoms with Crippen LogP contribution >= 0.6 is 11.6 Å². The van der Waals surface area contributed by atoms with Crippen LogP contribution in [0.4, 0.5) is 0 Å². The van der Waals surface area contributed by atoms with Crippen LogP contribution in [-0.4, -0.2) is 26.5 Å². The highest BCUT2D eigenvalue weighted by atomic mass is 35.5. The molecule has 0 spiro atoms. The average molecular weight is 318 g/mol. The Kier molecular flexibility index (Phi) is 4.60. The van der Waals surface area contributed by atoms with E-state index in [2.05, 4.69) is 21.8 Å². The molecule has 4 nitrogen and oxygen atoms in total. The summed E-state index contributed by atoms with van der Waals surface area (Å²) in [4.78, 5) is 11.4. The minimum atomic E-state index is 0.143. The molecule has 0 fully saturated rings. The molecule has 3 rings (SSSR count). The summed E-state index contributed by atoms with van der Waals surface area (Å²) in [5.41, 5.74) is 3.33. The van der Waals surface area contributed by atoms with Crippen molar-refractivity contribution in [3.8, 4) is 5.75 Å². The molecule has 0 saturated heterocycles. The maximum atomic E-state index is 9.70. The van der Waals surface area contributed by atoms with Gasteiger partial charge in [-0.3, -0.25) is 4.90 Å². The van der Waals surface area contributed by atoms with Crippen molar-refractivity contribution in [1.82, 2.24) is 14.9 Å². The number of rotatable bonds is 4. The van der Waals surface area contributed by atoms with E-state index < -0.39 is 0 Å². The van der Waals surface area contributed by atoms with E-state index in [-0.39, 0.29) is 5.75 Å². The second kappa shape index (κ2) is 6.63. The van der Waals surface area contributed by atoms with Gasteiger partial charge in [-0.2, -0.15) is 0 Å². The first-order valence-corrected chi connectivity index (χ1v) is 8.07. The number of halogens is 1. The summed E-state index contributed by atoms with van der Waals surface area (Å²) in [5.74, 6) is 1.09. The topological polar surface area (TPSA) is 49.2 Å². The molecule has 0 amide bonds. The van der Waals surface area contributed by atoms with E-state index in [1.54, 1.807) is 6.07 Å². The Labute approximate surface area is 135 Å². The summed E-state index contributed by atoms with van der Waals surface area (Å²) in [6.07, 6.45) is 4.91. The minimum absolute atomic E-state index is 0.143. The van der Waals surface area contributed by atoms with Gasteiger partial charge in [-0.1, -0.05) is 30.7 Å². The molecule has 2 heterocycles. The number of benzene rings is 1. The Bertz CT molecular complexity index is 675. The lowest BCUT2D eigenvalue weighted by Crippen LogP contribution is -2.31. The van der Waals surface area contributed by atoms with Crippen molar-refractivity contribution < 1.29 is 5.11 Å². The zero-order chi connectivity index (χ0) is 15.5. The zero-order valence-electron chi connectivity index (χ0n) is 12.7. The average Bonchev–Trinajstić information content (AvgIpc) is 2.52. The standard InChI is InChI=1S/C17H20ClN3O/c1-2-4-16-19-9-13-11-21(8-7-14(13)20-16)10-12-5-3-6-15(22)17(12)18/h3,5-6,9,22H,2,4,7-8,10-11H2,1H3. The second-order valence-electron chi connectivity index (χ2n) is 5.72. The maximum Gasteiger partial charge on any atom is 0.134 e. The zero-order valence-corrected chi connectivity index (χ0v) is 13.5. The lowest BCUT2D eigenvalue weighted by atomic mass is 10.1. The molecule has 0 radical (unpaired) electrons. The maximum absolute atomic E-state index is 9.70. The van der Waals surface area contributed by atoms with Gasteiger partial charge < -0.3 is 5.11 Å². The molecular weight excluding hydrogens is 298 g/mol. The predicted molar refractivity (Wildman–Crippen MR) is 87.0 cm³/mol. The van der Waals surface area contributed by atoms with E-state index >= 15 is 0 Å². The van der Waals surface area contributed by atoms with E-state index in [9.17, 15) is 5.11 Å². The van der Waals surface area contributed by atoms with Gasteiger partial charge in [0.1, 0.15) is 11.6 Å². The van der Waals surface area contributed by atoms with E-state index in [1.807, 2.05) is 18.3 Å². The molecule has 2 aromatic rings. The first-order chi connectivity index (χ1) is 10.7. The van der Waals surface area contributed by atoms with Gasteiger partial charge >= 0.3 is 0 Å². The number of nitrogens with zero attached hydrogens (tertiary/aromatic N) is 3. The quantitative estimate of drug-likeness (QED) is 0.939. The van der Waals surface area contributed by atoms with Gasteiger partial charge in [-0.15, -0.1) is 0 Å². The summed E-state index contributed by atoms with van der Waals surface area (Å²) in [7, 11) is 0. The molecule has 0 aliphatic carbocycles. The molecule has 22 heavy (non-hydrogen) atoms. The van der Waals surface area contributed by atoms with E-state index in [1.165, 1.54) is 11.3 Å². The molecule has 116 valence electrons. The van der Waals surface area contributed by atoms with E-state index in [0.717, 1.165) is 50.3 Å². The molecule has 1 aliphatic rings. The lowest BCUT2D eigenvalue weighted by Gasteiger charge is -2.28. The summed E-state index contributed by atoms with van der Waals surface area (Å²) < 4.78 is 0. The van der Waals surface area contributed by atoms with Crippen LogP contribution in [0.5, 0.6) is 5.75 Å². The molecule has 0 bridgehead atoms. The Morgan fingerprint density at radius 3 is 3.05 bits per heavy atom. The van der Waals surface area contributed by atoms with Crippen molar-refractivity contribution in [2.75, 3.05) is 6.54 Å². The summed E-state index contributed by atoms with van der Waals surface area (Å²) in [6, 6.07) is 5.40. The number of phenols is 1. The number of hydrogen-bond acceptors (Lipinski definition) is 4. The van der Waals surface area contributed by atoms with Gasteiger partial charge in [0.15, 0.2) is 0 Å². The van der Waals surface area contributed by atoms with E-state index in [0.29, 0.717) is 5.02 Å². The fourth-order valence-corrected chi connectivity index (χ4v) is 3.01. The van der Waals surface area contributed by atoms with Gasteiger partial charge in [0.2, 0.25) is 0 Å². The molecule has 5 heteroatoms. The Morgan fingerprint density at radius 2 is 2.23 bits per heavy atom. The highest BCUT2D eigenvalue weighted by molar-refractivity contribution is 6.32. The summed E-state index contributed by atoms with van der Waals surface area (Å²) in [6.45, 7) is 4.64. The first kappa shape index (κ1) is 15.3. The largest absolute Gasteiger partial charge is 0.506 e. The third kappa shape index (κ3) is 3.23. The van der Waals surface area contributed by atoms with Crippen LogP contribution in [-0.2, 0) is 25.9 Å². The lowest BCUT2D eigenvalue weighted by molar-refractivity contribution is 0.242. The monoisotopic (exact) mass is 317 g/mol. The Balaban J connectivity index is 1.73. The minimum Gasteiger partial charge on any atom is -0.506 e. The van der Waals surface area contributed by atoms with Crippen molar-refractivity contribution in [3.05, 3.63) is 52.1 Å². The van der Waals surface area contributed by atoms with Crippen molar-refractivity contribution in [3.63, 3.8) is 0 Å². The van der Waals surface area contributed by atoms with Crippen LogP contribution in [0.3, 0.4) is 0 Å². The molecule has 0 saturated carbocycles. The number of aromatic hydroxyl groups is 1. The Hall–Kier alpha value is -1.65. The SMILES string of the molecule is CCCc1ncc2c(n1)CCN(Cc1cccc(O)c1Cl)C2. The summed E-state index contributed by atoms with van der Waals surface area (Å²) >= 11 is 6.17. The van der Waals surface area contributed by atoms with Crippen molar-refractivity contribution in [2.45, 2.75) is 39.3 Å². The highest BCUT2D eigenvalue weighted by Gasteiger charge is 2.19. The third-order valence-electron chi connectivity index (χ3n) is 3.99. The van der Waals surface area contributed by atoms with Crippen molar-refractivity contribution in [1.29, 1.82) is 0 Å². The number of aromatic nitrogens is 2. The van der Waals surface area contributed by atoms with Crippen LogP contribution in [0, 0.1) is 0 Å². The number of hydrogen-bond donors (Lipinski definition) is 1. The highest BCUT2D eigenvalue weighted by Crippen LogP contribution is 2.28. The fourth-order valence-electron chi connectivity index (χ4n) is 2.82. The predicted octanol–water partition coefficient (Wildman–Crippen LogP) is 3.35. The van der Waals surface area contributed by atoms with Gasteiger partial charge in [0.05, 0.1) is 5.02 Å². The fraction of sp³-hybridized carbons (Fsp3) is 0.412. The van der Waals surface area contributed by atoms with Gasteiger partial charge in [0, 0.05) is 49.9 Å². The Morgan fingerprint density at radius 1 is 1.36 bits per heavy atom. The molecule has 1 N–H and O–H groups in total. The molecule has 1 aromatic carbocycles. The normalized spacial score (nSPS) is 14.8. The molecule has 1 aliphatic heterocycles. The van der Waals surface area contributed by atoms with E-state index in [4.69, 9.17) is 11.6 Å². The number of phenolic OH excluding ortho intramolecular Hbond substituents is 1. The molecule has 0 unspecified atom stereocenters. The van der Waals surface area contributed by atoms with Gasteiger partial charge in [-0.05, 0) is 18.1 Å². The van der Waals surface area contributed by atoms with Crippen LogP contribution < -0.4 is 0 Å². The van der Waals surface area contributed by atoms with Crippen LogP contribution in [0.15, 0.2) is 24.4 Å². The first-order valence-electron chi connectivity index (χ1n) is 7.69. The van der Waals surface area contributed by atoms with Crippen molar-refractivity contribution >= 4 is 11.6 Å². The second-order valence-corrected chi connectivity index (χ2v) is 6.10. The smallest absolute Gasteiger partial charge is 0.134 e. The van der Waals surface area contributed by atoms with Crippen LogP contribution in [0.2, 0.25) is 5.02 Å². The third-order valence-corrected chi connectivity index (χ3v) is 4.43. The van der Waals surface area contributed by atoms with Crippen LogP contribution in [0.1, 0.15) is 36.0 Å². The molecule has 0 atom stereocenters. The number of aryl methyl sites for hydroxylation is 1. The van der Waals surface area contributed by atoms with Crippen molar-refractivity contribution in [2.24, 2.45) is 0 Å². The summed E-state index contributed by atoms with van der Waals surface area (Å²) in [5, 5.41) is 10.1. The number of fused-ring (bicyclic) bond motifs is 1. The molecule has 1 aromatic heterocycles. The van der Waals surface area contributed by atoms with Crippen LogP contribution in [0.25, 0.3) is 0 Å². The van der Waals surface area contributed by atoms with Gasteiger partial charge in [0.25, 0.3) is 0 Å². The molecular formula is C17H20ClN3O. The van der Waals surface area contributed by atoms with Gasteiger partial charge in [-0.25, -0.2) is 9.97 Å².